The first-order chi connectivity index (χ1) is 45.3. The number of phosphoric ester groups is 2. The van der Waals surface area contributed by atoms with Crippen LogP contribution in [0.5, 0.6) is 0 Å². The zero-order valence-electron chi connectivity index (χ0n) is 61.4. The van der Waals surface area contributed by atoms with E-state index in [1.54, 1.807) is 0 Å². The van der Waals surface area contributed by atoms with Gasteiger partial charge in [0.25, 0.3) is 0 Å². The highest BCUT2D eigenvalue weighted by Gasteiger charge is 2.30. The molecule has 0 saturated carbocycles. The second-order valence-electron chi connectivity index (χ2n) is 28.2. The predicted octanol–water partition coefficient (Wildman–Crippen LogP) is 21.8. The number of phosphoric acid groups is 2. The number of aliphatic hydroxyl groups is 1. The summed E-state index contributed by atoms with van der Waals surface area (Å²) in [4.78, 5) is 72.8. The van der Waals surface area contributed by atoms with Crippen LogP contribution in [0.3, 0.4) is 0 Å². The number of esters is 4. The van der Waals surface area contributed by atoms with Gasteiger partial charge in [-0.25, -0.2) is 9.13 Å². The first kappa shape index (κ1) is 92.1. The van der Waals surface area contributed by atoms with Crippen LogP contribution in [0.25, 0.3) is 0 Å². The van der Waals surface area contributed by atoms with Gasteiger partial charge in [-0.2, -0.15) is 0 Å². The van der Waals surface area contributed by atoms with Crippen molar-refractivity contribution in [2.45, 2.75) is 401 Å². The molecule has 0 heterocycles. The lowest BCUT2D eigenvalue weighted by atomic mass is 9.99. The van der Waals surface area contributed by atoms with Gasteiger partial charge in [-0.15, -0.1) is 0 Å². The molecule has 0 aromatic heterocycles. The van der Waals surface area contributed by atoms with Crippen LogP contribution in [0.1, 0.15) is 382 Å². The summed E-state index contributed by atoms with van der Waals surface area (Å²) < 4.78 is 68.5. The van der Waals surface area contributed by atoms with Crippen molar-refractivity contribution in [1.29, 1.82) is 0 Å². The number of aliphatic hydroxyl groups excluding tert-OH is 1. The molecule has 0 fully saturated rings. The Kier molecular flexibility index (Phi) is 64.3. The van der Waals surface area contributed by atoms with Gasteiger partial charge >= 0.3 is 39.5 Å². The third kappa shape index (κ3) is 67.3. The number of hydrogen-bond acceptors (Lipinski definition) is 15. The maximum absolute atomic E-state index is 13.1. The molecule has 558 valence electrons. The fraction of sp³-hybridized carbons (Fsp3) is 0.947. The van der Waals surface area contributed by atoms with Crippen LogP contribution in [0.4, 0.5) is 0 Å². The molecule has 3 unspecified atom stereocenters. The molecule has 3 N–H and O–H groups in total. The molecule has 0 aromatic carbocycles. The average Bonchev–Trinajstić information content (AvgIpc) is 3.22. The number of ether oxygens (including phenoxy) is 4. The van der Waals surface area contributed by atoms with Gasteiger partial charge in [-0.1, -0.05) is 331 Å². The van der Waals surface area contributed by atoms with E-state index >= 15 is 0 Å². The normalized spacial score (nSPS) is 14.4. The summed E-state index contributed by atoms with van der Waals surface area (Å²) in [5.41, 5.74) is 0. The van der Waals surface area contributed by atoms with Crippen LogP contribution in [0, 0.1) is 17.8 Å². The van der Waals surface area contributed by atoms with Crippen molar-refractivity contribution in [2.24, 2.45) is 17.8 Å². The lowest BCUT2D eigenvalue weighted by molar-refractivity contribution is -0.161. The summed E-state index contributed by atoms with van der Waals surface area (Å²) in [6.45, 7) is 11.9. The molecule has 0 aliphatic carbocycles. The van der Waals surface area contributed by atoms with Gasteiger partial charge in [0.2, 0.25) is 0 Å². The third-order valence-corrected chi connectivity index (χ3v) is 19.6. The van der Waals surface area contributed by atoms with Crippen molar-refractivity contribution < 1.29 is 80.2 Å². The van der Waals surface area contributed by atoms with Crippen LogP contribution >= 0.6 is 15.6 Å². The monoisotopic (exact) mass is 1380 g/mol. The van der Waals surface area contributed by atoms with Gasteiger partial charge in [-0.05, 0) is 43.4 Å². The van der Waals surface area contributed by atoms with Gasteiger partial charge in [0.15, 0.2) is 12.2 Å². The second kappa shape index (κ2) is 65.7. The van der Waals surface area contributed by atoms with Gasteiger partial charge in [-0.3, -0.25) is 37.3 Å². The van der Waals surface area contributed by atoms with Crippen LogP contribution in [0.2, 0.25) is 0 Å². The summed E-state index contributed by atoms with van der Waals surface area (Å²) >= 11 is 0. The van der Waals surface area contributed by atoms with Crippen molar-refractivity contribution in [3.05, 3.63) is 0 Å². The van der Waals surface area contributed by atoms with E-state index in [9.17, 15) is 43.2 Å². The summed E-state index contributed by atoms with van der Waals surface area (Å²) in [6.07, 6.45) is 51.3. The Labute approximate surface area is 575 Å². The molecule has 17 nitrogen and oxygen atoms in total. The van der Waals surface area contributed by atoms with Crippen molar-refractivity contribution in [2.75, 3.05) is 39.6 Å². The Morgan fingerprint density at radius 3 is 0.809 bits per heavy atom. The number of unbranched alkanes of at least 4 members (excludes halogenated alkanes) is 40. The Morgan fingerprint density at radius 1 is 0.309 bits per heavy atom. The summed E-state index contributed by atoms with van der Waals surface area (Å²) in [6, 6.07) is 0. The molecule has 0 saturated heterocycles. The van der Waals surface area contributed by atoms with Crippen LogP contribution in [-0.2, 0) is 65.4 Å². The minimum atomic E-state index is -4.96. The molecule has 0 radical (unpaired) electrons. The van der Waals surface area contributed by atoms with E-state index in [-0.39, 0.29) is 25.7 Å². The molecule has 19 heteroatoms. The van der Waals surface area contributed by atoms with E-state index < -0.39 is 97.5 Å². The number of hydrogen-bond donors (Lipinski definition) is 3. The highest BCUT2D eigenvalue weighted by Crippen LogP contribution is 2.45. The molecule has 0 aliphatic rings. The average molecular weight is 1380 g/mol. The smallest absolute Gasteiger partial charge is 0.462 e. The zero-order valence-corrected chi connectivity index (χ0v) is 63.2. The standard InChI is InChI=1S/C75H146O17P2/c1-8-10-11-12-13-14-15-16-17-20-23-29-34-42-49-56-72(77)85-62-70(91-74(79)58-51-44-35-30-24-21-18-19-22-27-32-39-46-53-66(3)4)64-89-93(81,82)87-60-69(76)61-88-94(83,84)90-65-71(63-86-73(78)57-50-43-38-37-40-47-54-67(5)6)92-75(80)59-52-45-36-31-26-25-28-33-41-48-55-68(7)9-2/h66-71,76H,8-65H2,1-7H3,(H,81,82)(H,83,84)/t68?,69-,70-,71-/m1/s1. The highest BCUT2D eigenvalue weighted by atomic mass is 31.2. The predicted molar refractivity (Wildman–Crippen MR) is 381 cm³/mol. The van der Waals surface area contributed by atoms with Crippen molar-refractivity contribution >= 4 is 39.5 Å². The van der Waals surface area contributed by atoms with E-state index in [1.807, 2.05) is 0 Å². The molecule has 0 spiro atoms. The quantitative estimate of drug-likeness (QED) is 0.0222. The molecular formula is C75H146O17P2. The van der Waals surface area contributed by atoms with Crippen molar-refractivity contribution in [3.8, 4) is 0 Å². The van der Waals surface area contributed by atoms with Gasteiger partial charge in [0.05, 0.1) is 26.4 Å². The molecule has 0 amide bonds. The maximum Gasteiger partial charge on any atom is 0.472 e. The van der Waals surface area contributed by atoms with Crippen molar-refractivity contribution in [1.82, 2.24) is 0 Å². The Balaban J connectivity index is 5.25. The van der Waals surface area contributed by atoms with Gasteiger partial charge < -0.3 is 33.8 Å². The largest absolute Gasteiger partial charge is 0.472 e. The fourth-order valence-corrected chi connectivity index (χ4v) is 13.0. The number of carbonyl (C=O) groups excluding carboxylic acids is 4. The molecule has 0 bridgehead atoms. The summed E-state index contributed by atoms with van der Waals surface area (Å²) in [5.74, 6) is 0.149. The molecule has 0 aliphatic heterocycles. The minimum Gasteiger partial charge on any atom is -0.462 e. The van der Waals surface area contributed by atoms with E-state index in [4.69, 9.17) is 37.0 Å². The Bertz CT molecular complexity index is 1840. The maximum atomic E-state index is 13.1. The van der Waals surface area contributed by atoms with E-state index in [2.05, 4.69) is 48.5 Å². The van der Waals surface area contributed by atoms with Crippen molar-refractivity contribution in [3.63, 3.8) is 0 Å². The molecule has 6 atom stereocenters. The third-order valence-electron chi connectivity index (χ3n) is 17.7. The van der Waals surface area contributed by atoms with Gasteiger partial charge in [0, 0.05) is 25.7 Å². The topological polar surface area (TPSA) is 237 Å². The van der Waals surface area contributed by atoms with E-state index in [1.165, 1.54) is 186 Å². The Hall–Kier alpha value is -1.94. The first-order valence-electron chi connectivity index (χ1n) is 38.9. The highest BCUT2D eigenvalue weighted by molar-refractivity contribution is 7.47. The number of carbonyl (C=O) groups is 4. The molecule has 0 aromatic rings. The van der Waals surface area contributed by atoms with Gasteiger partial charge in [0.1, 0.15) is 19.3 Å². The zero-order chi connectivity index (χ0) is 69.4. The lowest BCUT2D eigenvalue weighted by Crippen LogP contribution is -2.30. The van der Waals surface area contributed by atoms with Crippen LogP contribution < -0.4 is 0 Å². The summed E-state index contributed by atoms with van der Waals surface area (Å²) in [5, 5.41) is 10.6. The molecule has 0 rings (SSSR count). The van der Waals surface area contributed by atoms with E-state index in [0.717, 1.165) is 108 Å². The minimum absolute atomic E-state index is 0.105. The van der Waals surface area contributed by atoms with Crippen LogP contribution in [0.15, 0.2) is 0 Å². The summed E-state index contributed by atoms with van der Waals surface area (Å²) in [7, 11) is -9.91. The lowest BCUT2D eigenvalue weighted by Gasteiger charge is -2.21. The fourth-order valence-electron chi connectivity index (χ4n) is 11.4. The van der Waals surface area contributed by atoms with E-state index in [0.29, 0.717) is 31.6 Å². The molecule has 94 heavy (non-hydrogen) atoms. The second-order valence-corrected chi connectivity index (χ2v) is 31.1. The number of rotatable bonds is 73. The Morgan fingerprint density at radius 2 is 0.543 bits per heavy atom. The molecular weight excluding hydrogens is 1230 g/mol. The van der Waals surface area contributed by atoms with Crippen LogP contribution in [-0.4, -0.2) is 96.7 Å². The first-order valence-corrected chi connectivity index (χ1v) is 41.9. The SMILES string of the molecule is CCCCCCCCCCCCCCCCCC(=O)OC[C@H](COP(=O)(O)OC[C@@H](O)COP(=O)(O)OC[C@@H](COC(=O)CCCCCCCCC(C)C)OC(=O)CCCCCCCCCCCCC(C)CC)OC(=O)CCCCCCCCCCCCCCCC(C)C.